The Kier molecular flexibility index (Phi) is 8.69. The van der Waals surface area contributed by atoms with Crippen molar-refractivity contribution in [2.24, 2.45) is 0 Å². The molecule has 4 nitrogen and oxygen atoms in total. The number of hydrogen-bond acceptors (Lipinski definition) is 2. The molecule has 0 aromatic heterocycles. The van der Waals surface area contributed by atoms with E-state index >= 15 is 0 Å². The Balaban J connectivity index is 0.000000161. The zero-order valence-electron chi connectivity index (χ0n) is 22.2. The molecule has 2 heterocycles. The first-order valence-electron chi connectivity index (χ1n) is 13.4. The molecule has 0 fully saturated rings. The van der Waals surface area contributed by atoms with Crippen molar-refractivity contribution in [1.29, 1.82) is 0 Å². The highest BCUT2D eigenvalue weighted by Crippen LogP contribution is 2.38. The third-order valence-electron chi connectivity index (χ3n) is 7.33. The van der Waals surface area contributed by atoms with Gasteiger partial charge in [-0.1, -0.05) is 103 Å². The molecule has 40 heavy (non-hydrogen) atoms. The molecule has 202 valence electrons. The molecule has 2 aliphatic rings. The number of carbonyl (C=O) groups is 2. The first kappa shape index (κ1) is 27.7. The standard InChI is InChI=1S/C17H16ClNO.C17H14ClNO/c1-11(12-5-3-2-4-6-12)17-13-7-10-16(20)19-15(13)9-8-14(17)18;18-15-9-10-16-14(8-11-17(20)19-16)13(15)7-6-12-4-2-1-3-5-12/h2-6,8-9,11H,7,10H2,1H3,(H,19,20);1-7,9-10H,8,11H2,(H,19,20). The Labute approximate surface area is 245 Å². The van der Waals surface area contributed by atoms with Crippen LogP contribution in [0, 0.1) is 0 Å². The van der Waals surface area contributed by atoms with Gasteiger partial charge in [-0.3, -0.25) is 9.59 Å². The second kappa shape index (κ2) is 12.5. The molecule has 0 saturated heterocycles. The molecule has 0 bridgehead atoms. The Morgan fingerprint density at radius 2 is 1.20 bits per heavy atom. The highest BCUT2D eigenvalue weighted by molar-refractivity contribution is 6.32. The maximum Gasteiger partial charge on any atom is 0.224 e. The second-order valence-corrected chi connectivity index (χ2v) is 10.8. The number of amides is 2. The van der Waals surface area contributed by atoms with Crippen LogP contribution in [-0.2, 0) is 22.4 Å². The highest BCUT2D eigenvalue weighted by atomic mass is 35.5. The van der Waals surface area contributed by atoms with Crippen molar-refractivity contribution in [1.82, 2.24) is 0 Å². The zero-order valence-corrected chi connectivity index (χ0v) is 23.7. The lowest BCUT2D eigenvalue weighted by molar-refractivity contribution is -0.117. The molecule has 2 N–H and O–H groups in total. The summed E-state index contributed by atoms with van der Waals surface area (Å²) < 4.78 is 0. The molecule has 2 amide bonds. The summed E-state index contributed by atoms with van der Waals surface area (Å²) in [5, 5.41) is 7.32. The molecule has 4 aromatic rings. The minimum atomic E-state index is 0.0674. The Morgan fingerprint density at radius 1 is 0.650 bits per heavy atom. The molecular formula is C34H30Cl2N2O2. The average molecular weight is 570 g/mol. The molecule has 1 atom stereocenters. The monoisotopic (exact) mass is 568 g/mol. The Hall–Kier alpha value is -3.86. The second-order valence-electron chi connectivity index (χ2n) is 9.95. The van der Waals surface area contributed by atoms with E-state index in [2.05, 4.69) is 29.7 Å². The zero-order chi connectivity index (χ0) is 28.1. The summed E-state index contributed by atoms with van der Waals surface area (Å²) in [6.45, 7) is 2.16. The smallest absolute Gasteiger partial charge is 0.224 e. The minimum absolute atomic E-state index is 0.0674. The summed E-state index contributed by atoms with van der Waals surface area (Å²) in [7, 11) is 0. The third kappa shape index (κ3) is 6.30. The third-order valence-corrected chi connectivity index (χ3v) is 7.99. The summed E-state index contributed by atoms with van der Waals surface area (Å²) in [6, 6.07) is 27.9. The maximum atomic E-state index is 11.5. The van der Waals surface area contributed by atoms with Crippen LogP contribution in [0.5, 0.6) is 0 Å². The summed E-state index contributed by atoms with van der Waals surface area (Å²) in [6.07, 6.45) is 6.59. The molecule has 6 rings (SSSR count). The SMILES string of the molecule is CC(c1ccccc1)c1c(Cl)ccc2c1CCC(=O)N2.O=C1CCc2c(ccc(Cl)c2C=Cc2ccccc2)N1. The van der Waals surface area contributed by atoms with E-state index in [1.54, 1.807) is 0 Å². The predicted molar refractivity (Wildman–Crippen MR) is 166 cm³/mol. The molecule has 0 aliphatic carbocycles. The molecule has 0 saturated carbocycles. The van der Waals surface area contributed by atoms with Crippen molar-refractivity contribution in [3.63, 3.8) is 0 Å². The van der Waals surface area contributed by atoms with Gasteiger partial charge >= 0.3 is 0 Å². The number of rotatable bonds is 4. The predicted octanol–water partition coefficient (Wildman–Crippen LogP) is 8.77. The average Bonchev–Trinajstić information content (AvgIpc) is 2.98. The lowest BCUT2D eigenvalue weighted by Gasteiger charge is -2.24. The van der Waals surface area contributed by atoms with Gasteiger partial charge in [0.25, 0.3) is 0 Å². The topological polar surface area (TPSA) is 58.2 Å². The molecule has 0 radical (unpaired) electrons. The van der Waals surface area contributed by atoms with Gasteiger partial charge in [-0.2, -0.15) is 0 Å². The van der Waals surface area contributed by atoms with Gasteiger partial charge in [0, 0.05) is 40.2 Å². The molecule has 1 unspecified atom stereocenters. The first-order chi connectivity index (χ1) is 19.4. The van der Waals surface area contributed by atoms with E-state index in [9.17, 15) is 9.59 Å². The van der Waals surface area contributed by atoms with Gasteiger partial charge in [0.1, 0.15) is 0 Å². The molecular weight excluding hydrogens is 539 g/mol. The Bertz CT molecular complexity index is 1570. The van der Waals surface area contributed by atoms with Crippen molar-refractivity contribution < 1.29 is 9.59 Å². The summed E-state index contributed by atoms with van der Waals surface area (Å²) >= 11 is 12.7. The number of fused-ring (bicyclic) bond motifs is 2. The molecule has 0 spiro atoms. The van der Waals surface area contributed by atoms with Crippen molar-refractivity contribution in [2.45, 2.75) is 38.5 Å². The van der Waals surface area contributed by atoms with Crippen molar-refractivity contribution in [3.05, 3.63) is 128 Å². The van der Waals surface area contributed by atoms with Crippen LogP contribution in [0.4, 0.5) is 11.4 Å². The number of hydrogen-bond donors (Lipinski definition) is 2. The van der Waals surface area contributed by atoms with E-state index in [1.165, 1.54) is 11.1 Å². The van der Waals surface area contributed by atoms with Crippen LogP contribution in [0.2, 0.25) is 10.0 Å². The van der Waals surface area contributed by atoms with Crippen LogP contribution in [0.3, 0.4) is 0 Å². The van der Waals surface area contributed by atoms with Gasteiger partial charge in [-0.05, 0) is 70.5 Å². The van der Waals surface area contributed by atoms with Gasteiger partial charge in [-0.15, -0.1) is 0 Å². The fraction of sp³-hybridized carbons (Fsp3) is 0.176. The quantitative estimate of drug-likeness (QED) is 0.242. The number of nitrogens with one attached hydrogen (secondary N) is 2. The van der Waals surface area contributed by atoms with Crippen molar-refractivity contribution in [2.75, 3.05) is 10.6 Å². The van der Waals surface area contributed by atoms with Crippen LogP contribution in [-0.4, -0.2) is 11.8 Å². The minimum Gasteiger partial charge on any atom is -0.326 e. The van der Waals surface area contributed by atoms with Crippen LogP contribution in [0.25, 0.3) is 12.2 Å². The van der Waals surface area contributed by atoms with Gasteiger partial charge in [0.15, 0.2) is 0 Å². The molecule has 2 aliphatic heterocycles. The summed E-state index contributed by atoms with van der Waals surface area (Å²) in [5.74, 6) is 0.365. The largest absolute Gasteiger partial charge is 0.326 e. The van der Waals surface area contributed by atoms with E-state index in [0.717, 1.165) is 51.5 Å². The van der Waals surface area contributed by atoms with E-state index in [4.69, 9.17) is 23.2 Å². The fourth-order valence-corrected chi connectivity index (χ4v) is 5.83. The number of carbonyl (C=O) groups excluding carboxylic acids is 2. The van der Waals surface area contributed by atoms with E-state index < -0.39 is 0 Å². The van der Waals surface area contributed by atoms with Gasteiger partial charge in [-0.25, -0.2) is 0 Å². The summed E-state index contributed by atoms with van der Waals surface area (Å²) in [5.41, 5.74) is 8.56. The molecule has 6 heteroatoms. The van der Waals surface area contributed by atoms with Gasteiger partial charge in [0.05, 0.1) is 0 Å². The molecule has 4 aromatic carbocycles. The van der Waals surface area contributed by atoms with E-state index in [-0.39, 0.29) is 17.7 Å². The normalized spacial score (nSPS) is 14.8. The number of benzene rings is 4. The lowest BCUT2D eigenvalue weighted by Crippen LogP contribution is -2.20. The van der Waals surface area contributed by atoms with E-state index in [1.807, 2.05) is 84.9 Å². The van der Waals surface area contributed by atoms with Crippen LogP contribution in [0.15, 0.2) is 84.9 Å². The van der Waals surface area contributed by atoms with Crippen molar-refractivity contribution in [3.8, 4) is 0 Å². The van der Waals surface area contributed by atoms with Crippen molar-refractivity contribution >= 4 is 58.5 Å². The first-order valence-corrected chi connectivity index (χ1v) is 14.2. The fourth-order valence-electron chi connectivity index (χ4n) is 5.25. The number of anilines is 2. The van der Waals surface area contributed by atoms with E-state index in [0.29, 0.717) is 17.9 Å². The van der Waals surface area contributed by atoms with Crippen LogP contribution < -0.4 is 10.6 Å². The lowest BCUT2D eigenvalue weighted by atomic mass is 9.86. The Morgan fingerprint density at radius 3 is 1.85 bits per heavy atom. The van der Waals surface area contributed by atoms with Gasteiger partial charge < -0.3 is 10.6 Å². The maximum absolute atomic E-state index is 11.5. The van der Waals surface area contributed by atoms with Gasteiger partial charge in [0.2, 0.25) is 11.8 Å². The number of halogens is 2. The highest BCUT2D eigenvalue weighted by Gasteiger charge is 2.23. The van der Waals surface area contributed by atoms with Crippen LogP contribution in [0.1, 0.15) is 59.1 Å². The van der Waals surface area contributed by atoms with Crippen LogP contribution >= 0.6 is 23.2 Å². The summed E-state index contributed by atoms with van der Waals surface area (Å²) in [4.78, 5) is 23.0.